The summed E-state index contributed by atoms with van der Waals surface area (Å²) < 4.78 is 45.5. The lowest BCUT2D eigenvalue weighted by molar-refractivity contribution is -0.119. The molecule has 1 N–H and O–H groups in total. The number of Topliss-reactive ketones (excluding diaryl/α,β-unsaturated/α-hetero) is 1. The maximum absolute atomic E-state index is 16.0. The lowest BCUT2D eigenvalue weighted by Crippen LogP contribution is -2.38. The second-order valence-corrected chi connectivity index (χ2v) is 16.5. The Morgan fingerprint density at radius 1 is 1.24 bits per heavy atom. The van der Waals surface area contributed by atoms with Crippen molar-refractivity contribution in [2.45, 2.75) is 127 Å². The second-order valence-electron chi connectivity index (χ2n) is 12.3. The maximum atomic E-state index is 16.0. The Labute approximate surface area is 282 Å². The molecular weight excluding hydrogens is 648 g/mol. The fourth-order valence-corrected chi connectivity index (χ4v) is 9.26. The molecule has 9 nitrogen and oxygen atoms in total. The molecule has 0 bridgehead atoms. The highest BCUT2D eigenvalue weighted by atomic mass is 33.1. The quantitative estimate of drug-likeness (QED) is 0.0997. The third-order valence-corrected chi connectivity index (χ3v) is 12.9. The van der Waals surface area contributed by atoms with Crippen molar-refractivity contribution in [2.75, 3.05) is 6.61 Å². The summed E-state index contributed by atoms with van der Waals surface area (Å²) in [6.45, 7) is 12.3. The number of nitrogens with one attached hydrogen (secondary N) is 1. The van der Waals surface area contributed by atoms with Crippen LogP contribution in [0, 0.1) is 12.3 Å². The average molecular weight is 697 g/mol. The first-order valence-electron chi connectivity index (χ1n) is 16.2. The maximum Gasteiger partial charge on any atom is 0.330 e. The molecule has 1 fully saturated rings. The van der Waals surface area contributed by atoms with E-state index in [1.165, 1.54) is 6.20 Å². The van der Waals surface area contributed by atoms with Crippen LogP contribution >= 0.6 is 30.1 Å². The Morgan fingerprint density at radius 3 is 2.61 bits per heavy atom. The summed E-state index contributed by atoms with van der Waals surface area (Å²) in [5, 5.41) is 0. The minimum atomic E-state index is -1.79. The molecule has 0 saturated carbocycles. The first-order valence-corrected chi connectivity index (χ1v) is 18.7. The summed E-state index contributed by atoms with van der Waals surface area (Å²) in [5.74, 6) is 2.71. The van der Waals surface area contributed by atoms with Gasteiger partial charge in [0.05, 0.1) is 12.7 Å². The van der Waals surface area contributed by atoms with Gasteiger partial charge >= 0.3 is 5.69 Å². The minimum absolute atomic E-state index is 0.00786. The third kappa shape index (κ3) is 11.0. The highest BCUT2D eigenvalue weighted by Crippen LogP contribution is 2.51. The molecule has 1 aliphatic heterocycles. The van der Waals surface area contributed by atoms with E-state index in [0.717, 1.165) is 27.5 Å². The van der Waals surface area contributed by atoms with Crippen molar-refractivity contribution < 1.29 is 24.3 Å². The molecule has 2 heterocycles. The monoisotopic (exact) mass is 696 g/mol. The van der Waals surface area contributed by atoms with E-state index in [9.17, 15) is 14.4 Å². The zero-order valence-electron chi connectivity index (χ0n) is 28.4. The van der Waals surface area contributed by atoms with Crippen molar-refractivity contribution >= 4 is 35.9 Å². The number of aromatic amines is 1. The Bertz CT molecular complexity index is 1460. The smallest absolute Gasteiger partial charge is 0.330 e. The number of hydrogen-bond acceptors (Lipinski definition) is 9. The van der Waals surface area contributed by atoms with Crippen molar-refractivity contribution in [2.24, 2.45) is 0 Å². The number of rotatable bonds is 18. The van der Waals surface area contributed by atoms with Crippen LogP contribution in [-0.2, 0) is 25.0 Å². The van der Waals surface area contributed by atoms with Gasteiger partial charge in [-0.15, -0.1) is 12.3 Å². The number of terminal acetylenes is 1. The van der Waals surface area contributed by atoms with E-state index >= 15 is 4.39 Å². The molecule has 0 aliphatic carbocycles. The summed E-state index contributed by atoms with van der Waals surface area (Å²) in [6, 6.07) is 9.23. The van der Waals surface area contributed by atoms with Gasteiger partial charge in [0.25, 0.3) is 14.1 Å². The molecule has 1 aromatic heterocycles. The van der Waals surface area contributed by atoms with Gasteiger partial charge in [0.15, 0.2) is 12.4 Å². The van der Waals surface area contributed by atoms with E-state index in [4.69, 9.17) is 21.6 Å². The van der Waals surface area contributed by atoms with Gasteiger partial charge in [-0.2, -0.15) is 0 Å². The molecular formula is C33H47FN3O6PS2. The van der Waals surface area contributed by atoms with Crippen LogP contribution in [0.1, 0.15) is 87.3 Å². The molecule has 2 aromatic rings. The van der Waals surface area contributed by atoms with Crippen molar-refractivity contribution in [3.63, 3.8) is 0 Å². The lowest BCUT2D eigenvalue weighted by Gasteiger charge is -2.37. The van der Waals surface area contributed by atoms with Crippen molar-refractivity contribution in [3.8, 4) is 12.3 Å². The Hall–Kier alpha value is -1.97. The lowest BCUT2D eigenvalue weighted by atomic mass is 10.0. The number of ketones is 1. The number of aromatic nitrogens is 2. The number of alkyl halides is 1. The Kier molecular flexibility index (Phi) is 14.4. The van der Waals surface area contributed by atoms with Gasteiger partial charge in [0.2, 0.25) is 0 Å². The Morgan fingerprint density at radius 2 is 1.96 bits per heavy atom. The van der Waals surface area contributed by atoms with Gasteiger partial charge in [-0.05, 0) is 72.9 Å². The average Bonchev–Trinajstić information content (AvgIpc) is 3.32. The summed E-state index contributed by atoms with van der Waals surface area (Å²) in [6.07, 6.45) is 3.95. The van der Waals surface area contributed by atoms with E-state index in [-0.39, 0.29) is 29.5 Å². The molecule has 5 atom stereocenters. The number of ether oxygens (including phenoxy) is 1. The van der Waals surface area contributed by atoms with Gasteiger partial charge in [0, 0.05) is 54.6 Å². The topological polar surface area (TPSA) is 103 Å². The van der Waals surface area contributed by atoms with E-state index in [1.807, 2.05) is 44.5 Å². The summed E-state index contributed by atoms with van der Waals surface area (Å²) in [7, 11) is 1.61. The van der Waals surface area contributed by atoms with Gasteiger partial charge in [-0.3, -0.25) is 19.1 Å². The Balaban J connectivity index is 1.71. The summed E-state index contributed by atoms with van der Waals surface area (Å²) >= 11 is 0. The van der Waals surface area contributed by atoms with E-state index in [0.29, 0.717) is 32.3 Å². The third-order valence-electron chi connectivity index (χ3n) is 7.31. The second kappa shape index (κ2) is 18.0. The van der Waals surface area contributed by atoms with Crippen LogP contribution in [0.3, 0.4) is 0 Å². The zero-order valence-corrected chi connectivity index (χ0v) is 30.0. The van der Waals surface area contributed by atoms with Crippen LogP contribution in [0.2, 0.25) is 0 Å². The highest BCUT2D eigenvalue weighted by molar-refractivity contribution is 8.77. The highest BCUT2D eigenvalue weighted by Gasteiger charge is 2.48. The fraction of sp³-hybridized carbons (Fsp3) is 0.606. The first-order chi connectivity index (χ1) is 22.3. The van der Waals surface area contributed by atoms with Crippen LogP contribution in [0.15, 0.2) is 51.0 Å². The number of carbonyl (C=O) groups excluding carboxylic acids is 1. The standard InChI is InChI=1S/C33H47FN3O6PS2/c1-9-10-14-26(38)16-19-33(7,8)46-45-27-15-12-11-13-25(27)18-21-41-44(37(22(2)3)23(4)5)43-30-24(6)42-31(29(30)34)36-20-17-28(39)35-32(36)40/h1,11-13,15,17,20,22-24,29-31H,10,14,16,18-19,21H2,2-8H3,(H,35,39,40)/i6D. The fourth-order valence-electron chi connectivity index (χ4n) is 4.90. The number of H-pyrrole nitrogens is 1. The van der Waals surface area contributed by atoms with Crippen LogP contribution < -0.4 is 11.2 Å². The van der Waals surface area contributed by atoms with Gasteiger partial charge in [-0.25, -0.2) is 13.9 Å². The van der Waals surface area contributed by atoms with Gasteiger partial charge in [-0.1, -0.05) is 39.8 Å². The summed E-state index contributed by atoms with van der Waals surface area (Å²) in [4.78, 5) is 39.3. The predicted molar refractivity (Wildman–Crippen MR) is 186 cm³/mol. The first kappa shape index (κ1) is 36.9. The van der Waals surface area contributed by atoms with Crippen LogP contribution in [0.25, 0.3) is 0 Å². The molecule has 1 aromatic carbocycles. The molecule has 254 valence electrons. The molecule has 0 radical (unpaired) electrons. The van der Waals surface area contributed by atoms with Gasteiger partial charge < -0.3 is 13.8 Å². The zero-order chi connectivity index (χ0) is 34.7. The minimum Gasteiger partial charge on any atom is -0.349 e. The number of hydrogen-bond donors (Lipinski definition) is 1. The number of halogens is 1. The SMILES string of the molecule is [2H]CC1OC(n2ccc(=O)[nH]c2=O)C(F)C1OP(OCCc1ccccc1SSC(C)(C)CCC(=O)CCC#C)N(C(C)C)C(C)C. The molecule has 46 heavy (non-hydrogen) atoms. The molecule has 0 spiro atoms. The van der Waals surface area contributed by atoms with Crippen molar-refractivity contribution in [1.29, 1.82) is 0 Å². The number of benzene rings is 1. The number of nitrogens with zero attached hydrogens (tertiary/aromatic N) is 2. The van der Waals surface area contributed by atoms with Crippen LogP contribution in [0.5, 0.6) is 0 Å². The predicted octanol–water partition coefficient (Wildman–Crippen LogP) is 7.06. The molecule has 1 saturated heterocycles. The van der Waals surface area contributed by atoms with Crippen LogP contribution in [0.4, 0.5) is 4.39 Å². The van der Waals surface area contributed by atoms with Crippen LogP contribution in [-0.4, -0.2) is 61.8 Å². The van der Waals surface area contributed by atoms with Crippen molar-refractivity contribution in [1.82, 2.24) is 14.2 Å². The molecule has 13 heteroatoms. The normalized spacial score (nSPS) is 21.1. The molecule has 0 amide bonds. The van der Waals surface area contributed by atoms with E-state index < -0.39 is 44.4 Å². The van der Waals surface area contributed by atoms with Crippen molar-refractivity contribution in [3.05, 3.63) is 62.9 Å². The van der Waals surface area contributed by atoms with E-state index in [1.54, 1.807) is 21.6 Å². The molecule has 1 aliphatic rings. The van der Waals surface area contributed by atoms with E-state index in [2.05, 4.69) is 36.9 Å². The molecule has 3 rings (SSSR count). The molecule has 5 unspecified atom stereocenters. The number of carbonyl (C=O) groups is 1. The largest absolute Gasteiger partial charge is 0.349 e. The summed E-state index contributed by atoms with van der Waals surface area (Å²) in [5.41, 5.74) is -0.307. The van der Waals surface area contributed by atoms with Gasteiger partial charge in [0.1, 0.15) is 11.9 Å².